The minimum absolute atomic E-state index is 0.0749. The van der Waals surface area contributed by atoms with Gasteiger partial charge in [-0.05, 0) is 97.9 Å². The fraction of sp³-hybridized carbons (Fsp3) is 0.452. The lowest BCUT2D eigenvalue weighted by atomic mass is 9.84. The number of aryl methyl sites for hydroxylation is 2. The number of aromatic nitrogens is 2. The molecule has 2 saturated carbocycles. The van der Waals surface area contributed by atoms with E-state index in [0.717, 1.165) is 37.7 Å². The molecule has 40 heavy (non-hydrogen) atoms. The fourth-order valence-corrected chi connectivity index (χ4v) is 5.39. The van der Waals surface area contributed by atoms with Gasteiger partial charge in [0.15, 0.2) is 11.5 Å². The molecule has 2 fully saturated rings. The van der Waals surface area contributed by atoms with E-state index in [0.29, 0.717) is 28.4 Å². The van der Waals surface area contributed by atoms with Crippen molar-refractivity contribution in [2.45, 2.75) is 77.6 Å². The average Bonchev–Trinajstić information content (AvgIpc) is 3.62. The maximum absolute atomic E-state index is 13.9. The molecule has 1 aromatic heterocycles. The zero-order valence-corrected chi connectivity index (χ0v) is 22.8. The van der Waals surface area contributed by atoms with E-state index in [1.807, 2.05) is 0 Å². The monoisotopic (exact) mass is 554 g/mol. The Bertz CT molecular complexity index is 1430. The molecule has 2 N–H and O–H groups in total. The summed E-state index contributed by atoms with van der Waals surface area (Å²) >= 11 is 0. The first-order valence-electron chi connectivity index (χ1n) is 13.9. The highest BCUT2D eigenvalue weighted by atomic mass is 19.4. The van der Waals surface area contributed by atoms with Gasteiger partial charge < -0.3 is 5.73 Å². The van der Waals surface area contributed by atoms with Crippen molar-refractivity contribution in [3.05, 3.63) is 76.4 Å². The van der Waals surface area contributed by atoms with Gasteiger partial charge in [-0.25, -0.2) is 4.39 Å². The van der Waals surface area contributed by atoms with Crippen molar-refractivity contribution in [2.24, 2.45) is 22.6 Å². The number of halogens is 4. The third-order valence-corrected chi connectivity index (χ3v) is 8.15. The first-order chi connectivity index (χ1) is 19.0. The maximum Gasteiger partial charge on any atom is 0.435 e. The van der Waals surface area contributed by atoms with E-state index >= 15 is 0 Å². The van der Waals surface area contributed by atoms with E-state index < -0.39 is 11.9 Å². The first-order valence-corrected chi connectivity index (χ1v) is 13.9. The third-order valence-electron chi connectivity index (χ3n) is 8.15. The lowest BCUT2D eigenvalue weighted by molar-refractivity contribution is -0.141. The number of ketones is 1. The molecule has 3 aromatic rings. The number of amidine groups is 1. The van der Waals surface area contributed by atoms with Crippen LogP contribution in [0.2, 0.25) is 0 Å². The first kappa shape index (κ1) is 28.1. The van der Waals surface area contributed by atoms with Gasteiger partial charge in [0.1, 0.15) is 5.82 Å². The van der Waals surface area contributed by atoms with Gasteiger partial charge in [0, 0.05) is 36.2 Å². The summed E-state index contributed by atoms with van der Waals surface area (Å²) in [7, 11) is 0. The molecular formula is C31H34F4N4O. The van der Waals surface area contributed by atoms with Crippen molar-refractivity contribution >= 4 is 11.6 Å². The maximum atomic E-state index is 13.9. The number of benzene rings is 2. The Labute approximate surface area is 231 Å². The average molecular weight is 555 g/mol. The van der Waals surface area contributed by atoms with Crippen LogP contribution in [0.5, 0.6) is 0 Å². The summed E-state index contributed by atoms with van der Waals surface area (Å²) in [6.07, 6.45) is 1.95. The molecule has 2 aliphatic rings. The molecule has 0 spiro atoms. The molecule has 1 heterocycles. The second-order valence-electron chi connectivity index (χ2n) is 11.1. The number of carbonyl (C=O) groups is 1. The minimum Gasteiger partial charge on any atom is -0.387 e. The van der Waals surface area contributed by atoms with Crippen LogP contribution in [0, 0.1) is 24.6 Å². The van der Waals surface area contributed by atoms with Gasteiger partial charge >= 0.3 is 6.18 Å². The highest BCUT2D eigenvalue weighted by molar-refractivity contribution is 5.98. The number of nitrogens with two attached hydrogens (primary N) is 1. The molecule has 5 rings (SSSR count). The van der Waals surface area contributed by atoms with E-state index in [-0.39, 0.29) is 54.1 Å². The van der Waals surface area contributed by atoms with E-state index in [1.54, 1.807) is 38.1 Å². The lowest BCUT2D eigenvalue weighted by Crippen LogP contribution is -2.29. The van der Waals surface area contributed by atoms with E-state index in [9.17, 15) is 22.4 Å². The van der Waals surface area contributed by atoms with Crippen LogP contribution in [0.1, 0.15) is 84.1 Å². The highest BCUT2D eigenvalue weighted by Gasteiger charge is 2.38. The predicted octanol–water partition coefficient (Wildman–Crippen LogP) is 7.46. The van der Waals surface area contributed by atoms with Crippen LogP contribution in [0.4, 0.5) is 17.6 Å². The Kier molecular flexibility index (Phi) is 7.84. The Balaban J connectivity index is 1.52. The van der Waals surface area contributed by atoms with Gasteiger partial charge in [0.05, 0.1) is 12.4 Å². The zero-order valence-electron chi connectivity index (χ0n) is 22.8. The number of Topliss-reactive ketones (excluding diaryl/α,β-unsaturated/α-hetero) is 1. The normalized spacial score (nSPS) is 17.1. The van der Waals surface area contributed by atoms with Crippen LogP contribution < -0.4 is 5.73 Å². The molecule has 0 unspecified atom stereocenters. The molecule has 0 saturated heterocycles. The lowest BCUT2D eigenvalue weighted by Gasteiger charge is -2.24. The Morgan fingerprint density at radius 3 is 2.50 bits per heavy atom. The quantitative estimate of drug-likeness (QED) is 0.122. The molecule has 1 atom stereocenters. The summed E-state index contributed by atoms with van der Waals surface area (Å²) in [5.74, 6) is 0.552. The Hall–Kier alpha value is -3.49. The molecule has 5 nitrogen and oxygen atoms in total. The van der Waals surface area contributed by atoms with Crippen LogP contribution in [0.15, 0.2) is 47.6 Å². The smallest absolute Gasteiger partial charge is 0.387 e. The number of hydrogen-bond donors (Lipinski definition) is 1. The van der Waals surface area contributed by atoms with Crippen molar-refractivity contribution in [3.8, 4) is 11.1 Å². The van der Waals surface area contributed by atoms with Gasteiger partial charge in [-0.2, -0.15) is 18.3 Å². The molecular weight excluding hydrogens is 520 g/mol. The van der Waals surface area contributed by atoms with E-state index in [1.165, 1.54) is 23.0 Å². The Morgan fingerprint density at radius 1 is 1.15 bits per heavy atom. The second kappa shape index (κ2) is 11.2. The van der Waals surface area contributed by atoms with Gasteiger partial charge in [-0.1, -0.05) is 18.6 Å². The molecule has 0 bridgehead atoms. The summed E-state index contributed by atoms with van der Waals surface area (Å²) < 4.78 is 57.0. The largest absolute Gasteiger partial charge is 0.435 e. The number of rotatable bonds is 10. The molecule has 212 valence electrons. The number of nitrogens with zero attached hydrogens (tertiary/aromatic N) is 3. The summed E-state index contributed by atoms with van der Waals surface area (Å²) in [4.78, 5) is 18.2. The van der Waals surface area contributed by atoms with Gasteiger partial charge in [-0.3, -0.25) is 14.5 Å². The van der Waals surface area contributed by atoms with Gasteiger partial charge in [-0.15, -0.1) is 0 Å². The van der Waals surface area contributed by atoms with E-state index in [4.69, 9.17) is 5.73 Å². The molecule has 0 radical (unpaired) electrons. The van der Waals surface area contributed by atoms with Crippen LogP contribution in [-0.2, 0) is 19.3 Å². The molecule has 9 heteroatoms. The number of aliphatic imine (C=N–C) groups is 1. The number of carbonyl (C=O) groups excluding carboxylic acids is 1. The predicted molar refractivity (Wildman–Crippen MR) is 147 cm³/mol. The Morgan fingerprint density at radius 2 is 1.90 bits per heavy atom. The van der Waals surface area contributed by atoms with Crippen molar-refractivity contribution < 1.29 is 22.4 Å². The molecule has 0 aliphatic heterocycles. The fourth-order valence-electron chi connectivity index (χ4n) is 5.39. The third kappa shape index (κ3) is 6.13. The molecule has 0 amide bonds. The van der Waals surface area contributed by atoms with Crippen LogP contribution >= 0.6 is 0 Å². The van der Waals surface area contributed by atoms with Crippen LogP contribution in [0.25, 0.3) is 11.1 Å². The van der Waals surface area contributed by atoms with Crippen molar-refractivity contribution in [1.82, 2.24) is 9.78 Å². The van der Waals surface area contributed by atoms with Gasteiger partial charge in [0.25, 0.3) is 0 Å². The van der Waals surface area contributed by atoms with Crippen LogP contribution in [0.3, 0.4) is 0 Å². The summed E-state index contributed by atoms with van der Waals surface area (Å²) in [5, 5.41) is 3.76. The molecule has 2 aromatic carbocycles. The topological polar surface area (TPSA) is 73.3 Å². The standard InChI is InChI=1S/C31H34F4N4O/c1-3-39-17-26(29(38-39)31(33,34)35)23-12-19(16-37-30(36)21-5-4-6-21)13-24(14-23)28(40)15-25(20-7-8-20)22-9-10-27(32)18(2)11-22/h9-14,17,20-21,25H,3-8,15-16H2,1-2H3,(H2,36,37)/t25-/m0/s1. The minimum atomic E-state index is -4.65. The van der Waals surface area contributed by atoms with Crippen molar-refractivity contribution in [1.29, 1.82) is 0 Å². The summed E-state index contributed by atoms with van der Waals surface area (Å²) in [6, 6.07) is 9.82. The van der Waals surface area contributed by atoms with Crippen molar-refractivity contribution in [2.75, 3.05) is 0 Å². The number of hydrogen-bond acceptors (Lipinski definition) is 3. The summed E-state index contributed by atoms with van der Waals surface area (Å²) in [5.41, 5.74) is 7.74. The summed E-state index contributed by atoms with van der Waals surface area (Å²) in [6.45, 7) is 3.86. The second-order valence-corrected chi connectivity index (χ2v) is 11.1. The van der Waals surface area contributed by atoms with Crippen molar-refractivity contribution in [3.63, 3.8) is 0 Å². The highest BCUT2D eigenvalue weighted by Crippen LogP contribution is 2.45. The zero-order chi connectivity index (χ0) is 28.6. The SMILES string of the molecule is CCn1cc(-c2cc(CN=C(N)C3CCC3)cc(C(=O)C[C@H](c3ccc(F)c(C)c3)C3CC3)c2)c(C(F)(F)F)n1. The van der Waals surface area contributed by atoms with E-state index in [2.05, 4.69) is 10.1 Å². The number of alkyl halides is 3. The van der Waals surface area contributed by atoms with Crippen LogP contribution in [-0.4, -0.2) is 21.4 Å². The molecule has 2 aliphatic carbocycles. The van der Waals surface area contributed by atoms with Gasteiger partial charge in [0.2, 0.25) is 0 Å².